The van der Waals surface area contributed by atoms with Crippen molar-refractivity contribution in [2.75, 3.05) is 5.32 Å². The average Bonchev–Trinajstić information content (AvgIpc) is 3.43. The molecule has 7 nitrogen and oxygen atoms in total. The maximum atomic E-state index is 12.4. The number of carbonyl (C=O) groups excluding carboxylic acids is 1. The van der Waals surface area contributed by atoms with Gasteiger partial charge in [0.05, 0.1) is 15.9 Å². The first-order valence-electron chi connectivity index (χ1n) is 8.30. The van der Waals surface area contributed by atoms with Gasteiger partial charge in [0.2, 0.25) is 5.13 Å². The van der Waals surface area contributed by atoms with Crippen LogP contribution in [-0.4, -0.2) is 30.5 Å². The third-order valence-corrected chi connectivity index (χ3v) is 6.91. The highest BCUT2D eigenvalue weighted by molar-refractivity contribution is 8.00. The van der Waals surface area contributed by atoms with Crippen LogP contribution in [0.1, 0.15) is 15.5 Å². The van der Waals surface area contributed by atoms with Crippen LogP contribution in [0.5, 0.6) is 0 Å². The number of thioether (sulfide) groups is 1. The highest BCUT2D eigenvalue weighted by atomic mass is 32.2. The number of amides is 1. The number of carbonyl (C=O) groups is 1. The van der Waals surface area contributed by atoms with Crippen molar-refractivity contribution in [1.82, 2.24) is 24.6 Å². The summed E-state index contributed by atoms with van der Waals surface area (Å²) in [6.45, 7) is 0. The predicted molar refractivity (Wildman–Crippen MR) is 112 cm³/mol. The molecule has 0 aliphatic carbocycles. The molecule has 4 heterocycles. The average molecular weight is 425 g/mol. The van der Waals surface area contributed by atoms with Crippen molar-refractivity contribution < 1.29 is 4.79 Å². The summed E-state index contributed by atoms with van der Waals surface area (Å²) in [5.74, 6) is 0.413. The third kappa shape index (κ3) is 3.49. The van der Waals surface area contributed by atoms with Gasteiger partial charge in [-0.2, -0.15) is 0 Å². The number of thiazole rings is 1. The topological polar surface area (TPSA) is 85.1 Å². The second-order valence-corrected chi connectivity index (χ2v) is 9.03. The molecule has 138 valence electrons. The predicted octanol–water partition coefficient (Wildman–Crippen LogP) is 4.34. The lowest BCUT2D eigenvalue weighted by Crippen LogP contribution is -2.11. The zero-order valence-electron chi connectivity index (χ0n) is 14.3. The van der Waals surface area contributed by atoms with Crippen molar-refractivity contribution in [2.24, 2.45) is 0 Å². The molecule has 5 rings (SSSR count). The molecule has 5 aromatic rings. The third-order valence-electron chi connectivity index (χ3n) is 3.87. The molecule has 0 unspecified atom stereocenters. The Balaban J connectivity index is 1.24. The van der Waals surface area contributed by atoms with Gasteiger partial charge in [-0.3, -0.25) is 10.1 Å². The van der Waals surface area contributed by atoms with Crippen molar-refractivity contribution in [3.63, 3.8) is 0 Å². The molecule has 10 heteroatoms. The maximum Gasteiger partial charge on any atom is 0.286 e. The van der Waals surface area contributed by atoms with E-state index >= 15 is 0 Å². The number of para-hydroxylation sites is 1. The van der Waals surface area contributed by atoms with Crippen LogP contribution in [-0.2, 0) is 5.75 Å². The summed E-state index contributed by atoms with van der Waals surface area (Å²) in [4.78, 5) is 21.4. The fraction of sp³-hybridized carbons (Fsp3) is 0.0556. The van der Waals surface area contributed by atoms with Gasteiger partial charge in [-0.15, -0.1) is 21.5 Å². The van der Waals surface area contributed by atoms with Gasteiger partial charge < -0.3 is 4.40 Å². The molecule has 0 saturated heterocycles. The largest absolute Gasteiger partial charge is 0.307 e. The van der Waals surface area contributed by atoms with E-state index < -0.39 is 0 Å². The van der Waals surface area contributed by atoms with Crippen molar-refractivity contribution >= 4 is 61.3 Å². The summed E-state index contributed by atoms with van der Waals surface area (Å²) >= 11 is 4.24. The summed E-state index contributed by atoms with van der Waals surface area (Å²) in [5, 5.41) is 11.8. The Morgan fingerprint density at radius 3 is 2.86 bits per heavy atom. The molecule has 0 saturated carbocycles. The van der Waals surface area contributed by atoms with Gasteiger partial charge in [0.15, 0.2) is 9.35 Å². The molecule has 1 aromatic carbocycles. The molecular formula is C18H12N6OS3. The lowest BCUT2D eigenvalue weighted by atomic mass is 10.3. The number of aromatic nitrogens is 5. The summed E-state index contributed by atoms with van der Waals surface area (Å²) in [6.07, 6.45) is 3.97. The first-order chi connectivity index (χ1) is 13.7. The zero-order chi connectivity index (χ0) is 18.9. The van der Waals surface area contributed by atoms with Crippen molar-refractivity contribution in [2.45, 2.75) is 10.1 Å². The Morgan fingerprint density at radius 1 is 1.07 bits per heavy atom. The van der Waals surface area contributed by atoms with Crippen LogP contribution in [0, 0.1) is 0 Å². The lowest BCUT2D eigenvalue weighted by Gasteiger charge is -1.95. The lowest BCUT2D eigenvalue weighted by molar-refractivity contribution is 0.102. The van der Waals surface area contributed by atoms with Gasteiger partial charge in [0, 0.05) is 18.1 Å². The molecule has 0 aliphatic heterocycles. The van der Waals surface area contributed by atoms with Crippen molar-refractivity contribution in [3.05, 3.63) is 65.6 Å². The van der Waals surface area contributed by atoms with Gasteiger partial charge in [-0.1, -0.05) is 41.3 Å². The first kappa shape index (κ1) is 17.3. The van der Waals surface area contributed by atoms with E-state index in [0.717, 1.165) is 25.9 Å². The number of hydrogen-bond acceptors (Lipinski definition) is 8. The van der Waals surface area contributed by atoms with Crippen molar-refractivity contribution in [1.29, 1.82) is 0 Å². The molecule has 1 N–H and O–H groups in total. The van der Waals surface area contributed by atoms with E-state index in [4.69, 9.17) is 0 Å². The van der Waals surface area contributed by atoms with Gasteiger partial charge in [0.1, 0.15) is 5.65 Å². The Bertz CT molecular complexity index is 1220. The molecule has 0 bridgehead atoms. The fourth-order valence-corrected chi connectivity index (χ4v) is 5.12. The van der Waals surface area contributed by atoms with Crippen LogP contribution in [0.2, 0.25) is 0 Å². The second kappa shape index (κ2) is 7.30. The molecule has 0 radical (unpaired) electrons. The van der Waals surface area contributed by atoms with Crippen LogP contribution in [0.4, 0.5) is 5.13 Å². The summed E-state index contributed by atoms with van der Waals surface area (Å²) in [7, 11) is 0. The van der Waals surface area contributed by atoms with Gasteiger partial charge in [-0.25, -0.2) is 9.97 Å². The highest BCUT2D eigenvalue weighted by Gasteiger charge is 2.15. The van der Waals surface area contributed by atoms with E-state index in [2.05, 4.69) is 25.5 Å². The molecule has 0 fully saturated rings. The van der Waals surface area contributed by atoms with Crippen LogP contribution >= 0.6 is 34.4 Å². The number of imidazole rings is 1. The SMILES string of the molecule is O=C(Nc1nnc(SCc2cn3ccccc3n2)s1)c1nc2ccccc2s1. The highest BCUT2D eigenvalue weighted by Crippen LogP contribution is 2.29. The van der Waals surface area contributed by atoms with Gasteiger partial charge in [-0.05, 0) is 24.3 Å². The van der Waals surface area contributed by atoms with Gasteiger partial charge in [0.25, 0.3) is 5.91 Å². The molecule has 4 aromatic heterocycles. The number of anilines is 1. The normalized spacial score (nSPS) is 11.3. The Kier molecular flexibility index (Phi) is 4.51. The number of nitrogens with zero attached hydrogens (tertiary/aromatic N) is 5. The number of nitrogens with one attached hydrogen (secondary N) is 1. The Labute approximate surface area is 171 Å². The van der Waals surface area contributed by atoms with Crippen molar-refractivity contribution in [3.8, 4) is 0 Å². The minimum atomic E-state index is -0.269. The van der Waals surface area contributed by atoms with Crippen LogP contribution in [0.25, 0.3) is 15.9 Å². The Hall–Kier alpha value is -2.82. The quantitative estimate of drug-likeness (QED) is 0.334. The standard InChI is InChI=1S/C18H12N6OS3/c25-15(16-20-12-5-1-2-6-13(12)27-16)21-17-22-23-18(28-17)26-10-11-9-24-8-4-3-7-14(24)19-11/h1-9H,10H2,(H,21,22,25). The fourth-order valence-electron chi connectivity index (χ4n) is 2.63. The monoisotopic (exact) mass is 424 g/mol. The zero-order valence-corrected chi connectivity index (χ0v) is 16.7. The number of rotatable bonds is 5. The molecule has 0 spiro atoms. The van der Waals surface area contributed by atoms with Crippen LogP contribution < -0.4 is 5.32 Å². The molecule has 28 heavy (non-hydrogen) atoms. The van der Waals surface area contributed by atoms with E-state index in [1.807, 2.05) is 59.3 Å². The van der Waals surface area contributed by atoms with E-state index in [1.165, 1.54) is 22.7 Å². The second-order valence-electron chi connectivity index (χ2n) is 5.80. The Morgan fingerprint density at radius 2 is 1.96 bits per heavy atom. The molecular weight excluding hydrogens is 412 g/mol. The molecule has 1 amide bonds. The minimum absolute atomic E-state index is 0.269. The summed E-state index contributed by atoms with van der Waals surface area (Å²) in [6, 6.07) is 13.6. The number of benzene rings is 1. The minimum Gasteiger partial charge on any atom is -0.307 e. The van der Waals surface area contributed by atoms with Crippen LogP contribution in [0.3, 0.4) is 0 Å². The van der Waals surface area contributed by atoms with Crippen LogP contribution in [0.15, 0.2) is 59.2 Å². The van der Waals surface area contributed by atoms with E-state index in [-0.39, 0.29) is 5.91 Å². The van der Waals surface area contributed by atoms with E-state index in [9.17, 15) is 4.79 Å². The number of fused-ring (bicyclic) bond motifs is 2. The number of hydrogen-bond donors (Lipinski definition) is 1. The first-order valence-corrected chi connectivity index (χ1v) is 10.9. The maximum absolute atomic E-state index is 12.4. The summed E-state index contributed by atoms with van der Waals surface area (Å²) < 4.78 is 3.74. The molecule has 0 atom stereocenters. The van der Waals surface area contributed by atoms with E-state index in [1.54, 1.807) is 11.8 Å². The molecule has 0 aliphatic rings. The van der Waals surface area contributed by atoms with E-state index in [0.29, 0.717) is 15.9 Å². The van der Waals surface area contributed by atoms with Gasteiger partial charge >= 0.3 is 0 Å². The summed E-state index contributed by atoms with van der Waals surface area (Å²) in [5.41, 5.74) is 2.70. The number of pyridine rings is 1. The smallest absolute Gasteiger partial charge is 0.286 e.